The highest BCUT2D eigenvalue weighted by atomic mass is 16.5. The Labute approximate surface area is 142 Å². The van der Waals surface area contributed by atoms with E-state index in [1.165, 1.54) is 0 Å². The second kappa shape index (κ2) is 9.52. The summed E-state index contributed by atoms with van der Waals surface area (Å²) < 4.78 is 10.1. The van der Waals surface area contributed by atoms with Crippen LogP contribution >= 0.6 is 0 Å². The van der Waals surface area contributed by atoms with Crippen molar-refractivity contribution in [2.75, 3.05) is 39.2 Å². The number of rotatable bonds is 9. The smallest absolute Gasteiger partial charge is 0.269 e. The van der Waals surface area contributed by atoms with E-state index < -0.39 is 0 Å². The fraction of sp³-hybridized carbons (Fsp3) is 0.333. The second-order valence-corrected chi connectivity index (χ2v) is 5.20. The molecule has 1 aromatic heterocycles. The average molecular weight is 329 g/mol. The molecule has 0 bridgehead atoms. The van der Waals surface area contributed by atoms with Crippen molar-refractivity contribution in [1.29, 1.82) is 0 Å². The number of nitrogens with zero attached hydrogens (tertiary/aromatic N) is 1. The number of nitrogens with one attached hydrogen (secondary N) is 2. The molecule has 6 nitrogen and oxygen atoms in total. The Morgan fingerprint density at radius 3 is 2.62 bits per heavy atom. The molecule has 0 saturated carbocycles. The number of amides is 1. The number of hydrogen-bond acceptors (Lipinski definition) is 5. The largest absolute Gasteiger partial charge is 0.497 e. The van der Waals surface area contributed by atoms with Crippen LogP contribution in [0, 0.1) is 0 Å². The van der Waals surface area contributed by atoms with E-state index in [0.29, 0.717) is 25.4 Å². The molecule has 1 heterocycles. The third kappa shape index (κ3) is 5.55. The van der Waals surface area contributed by atoms with Crippen molar-refractivity contribution >= 4 is 11.6 Å². The fourth-order valence-electron chi connectivity index (χ4n) is 2.17. The topological polar surface area (TPSA) is 72.5 Å². The lowest BCUT2D eigenvalue weighted by molar-refractivity contribution is 0.0949. The number of methoxy groups -OCH3 is 2. The molecule has 0 unspecified atom stereocenters. The number of pyridine rings is 1. The van der Waals surface area contributed by atoms with Crippen molar-refractivity contribution in [3.8, 4) is 5.75 Å². The highest BCUT2D eigenvalue weighted by Gasteiger charge is 2.07. The second-order valence-electron chi connectivity index (χ2n) is 5.20. The number of anilines is 1. The Morgan fingerprint density at radius 1 is 1.12 bits per heavy atom. The van der Waals surface area contributed by atoms with Crippen molar-refractivity contribution in [2.45, 2.75) is 6.42 Å². The Hall–Kier alpha value is -2.60. The Kier molecular flexibility index (Phi) is 7.04. The predicted octanol–water partition coefficient (Wildman–Crippen LogP) is 2.12. The molecule has 0 aliphatic carbocycles. The summed E-state index contributed by atoms with van der Waals surface area (Å²) in [5, 5.41) is 6.06. The number of benzene rings is 1. The third-order valence-corrected chi connectivity index (χ3v) is 3.49. The molecular formula is C18H23N3O3. The van der Waals surface area contributed by atoms with Gasteiger partial charge in [-0.3, -0.25) is 9.78 Å². The maximum Gasteiger partial charge on any atom is 0.269 e. The van der Waals surface area contributed by atoms with Crippen LogP contribution in [0.2, 0.25) is 0 Å². The summed E-state index contributed by atoms with van der Waals surface area (Å²) in [7, 11) is 3.29. The van der Waals surface area contributed by atoms with Gasteiger partial charge in [-0.05, 0) is 36.2 Å². The molecule has 0 radical (unpaired) electrons. The van der Waals surface area contributed by atoms with Gasteiger partial charge in [0.15, 0.2) is 0 Å². The summed E-state index contributed by atoms with van der Waals surface area (Å²) in [6, 6.07) is 11.4. The molecule has 6 heteroatoms. The average Bonchev–Trinajstić information content (AvgIpc) is 2.63. The minimum atomic E-state index is -0.182. The first-order valence-electron chi connectivity index (χ1n) is 7.83. The molecule has 1 aromatic carbocycles. The molecule has 0 atom stereocenters. The van der Waals surface area contributed by atoms with Crippen LogP contribution < -0.4 is 15.4 Å². The number of hydrogen-bond donors (Lipinski definition) is 2. The van der Waals surface area contributed by atoms with Gasteiger partial charge in [0, 0.05) is 32.1 Å². The van der Waals surface area contributed by atoms with E-state index in [4.69, 9.17) is 9.47 Å². The minimum absolute atomic E-state index is 0.182. The molecule has 2 aromatic rings. The van der Waals surface area contributed by atoms with Crippen molar-refractivity contribution in [3.05, 3.63) is 53.9 Å². The lowest BCUT2D eigenvalue weighted by atomic mass is 10.1. The standard InChI is InChI=1S/C18H23N3O3/c1-23-12-11-19-15-8-10-20-17(13-15)18(22)21-9-7-14-3-5-16(24-2)6-4-14/h3-6,8,10,13H,7,9,11-12H2,1-2H3,(H,19,20)(H,21,22). The summed E-state index contributed by atoms with van der Waals surface area (Å²) in [5.41, 5.74) is 2.38. The van der Waals surface area contributed by atoms with Crippen molar-refractivity contribution in [2.24, 2.45) is 0 Å². The predicted molar refractivity (Wildman–Crippen MR) is 93.6 cm³/mol. The summed E-state index contributed by atoms with van der Waals surface area (Å²) in [6.45, 7) is 1.83. The molecular weight excluding hydrogens is 306 g/mol. The number of aromatic nitrogens is 1. The highest BCUT2D eigenvalue weighted by Crippen LogP contribution is 2.11. The Bertz CT molecular complexity index is 644. The SMILES string of the molecule is COCCNc1ccnc(C(=O)NCCc2ccc(OC)cc2)c1. The van der Waals surface area contributed by atoms with Gasteiger partial charge in [0.1, 0.15) is 11.4 Å². The zero-order valence-corrected chi connectivity index (χ0v) is 14.0. The van der Waals surface area contributed by atoms with Gasteiger partial charge in [-0.25, -0.2) is 0 Å². The zero-order valence-electron chi connectivity index (χ0n) is 14.0. The van der Waals surface area contributed by atoms with Crippen LogP contribution in [0.3, 0.4) is 0 Å². The third-order valence-electron chi connectivity index (χ3n) is 3.49. The maximum atomic E-state index is 12.2. The number of carbonyl (C=O) groups is 1. The van der Waals surface area contributed by atoms with Gasteiger partial charge in [-0.1, -0.05) is 12.1 Å². The van der Waals surface area contributed by atoms with E-state index in [1.54, 1.807) is 26.5 Å². The van der Waals surface area contributed by atoms with E-state index in [0.717, 1.165) is 23.4 Å². The first kappa shape index (κ1) is 17.7. The normalized spacial score (nSPS) is 10.2. The van der Waals surface area contributed by atoms with Crippen LogP contribution in [-0.2, 0) is 11.2 Å². The van der Waals surface area contributed by atoms with Gasteiger partial charge in [-0.15, -0.1) is 0 Å². The van der Waals surface area contributed by atoms with Crippen molar-refractivity contribution in [3.63, 3.8) is 0 Å². The Balaban J connectivity index is 1.82. The van der Waals surface area contributed by atoms with Crippen LogP contribution in [0.25, 0.3) is 0 Å². The van der Waals surface area contributed by atoms with Crippen LogP contribution in [-0.4, -0.2) is 44.8 Å². The number of ether oxygens (including phenoxy) is 2. The van der Waals surface area contributed by atoms with Gasteiger partial charge in [0.05, 0.1) is 13.7 Å². The molecule has 24 heavy (non-hydrogen) atoms. The molecule has 0 fully saturated rings. The van der Waals surface area contributed by atoms with E-state index in [1.807, 2.05) is 30.3 Å². The van der Waals surface area contributed by atoms with Gasteiger partial charge in [0.2, 0.25) is 0 Å². The lowest BCUT2D eigenvalue weighted by Crippen LogP contribution is -2.26. The summed E-state index contributed by atoms with van der Waals surface area (Å²) >= 11 is 0. The molecule has 0 spiro atoms. The molecule has 2 rings (SSSR count). The quantitative estimate of drug-likeness (QED) is 0.690. The van der Waals surface area contributed by atoms with Gasteiger partial charge in [0.25, 0.3) is 5.91 Å². The van der Waals surface area contributed by atoms with Gasteiger partial charge < -0.3 is 20.1 Å². The zero-order chi connectivity index (χ0) is 17.2. The molecule has 128 valence electrons. The van der Waals surface area contributed by atoms with E-state index in [2.05, 4.69) is 15.6 Å². The van der Waals surface area contributed by atoms with Crippen LogP contribution in [0.5, 0.6) is 5.75 Å². The maximum absolute atomic E-state index is 12.2. The minimum Gasteiger partial charge on any atom is -0.497 e. The lowest BCUT2D eigenvalue weighted by Gasteiger charge is -2.08. The van der Waals surface area contributed by atoms with Gasteiger partial charge in [-0.2, -0.15) is 0 Å². The fourth-order valence-corrected chi connectivity index (χ4v) is 2.17. The van der Waals surface area contributed by atoms with Crippen molar-refractivity contribution < 1.29 is 14.3 Å². The number of carbonyl (C=O) groups excluding carboxylic acids is 1. The van der Waals surface area contributed by atoms with Gasteiger partial charge >= 0.3 is 0 Å². The first-order chi connectivity index (χ1) is 11.7. The summed E-state index contributed by atoms with van der Waals surface area (Å²) in [4.78, 5) is 16.3. The molecule has 1 amide bonds. The molecule has 0 saturated heterocycles. The van der Waals surface area contributed by atoms with E-state index >= 15 is 0 Å². The molecule has 2 N–H and O–H groups in total. The van der Waals surface area contributed by atoms with Crippen LogP contribution in [0.4, 0.5) is 5.69 Å². The van der Waals surface area contributed by atoms with Crippen molar-refractivity contribution in [1.82, 2.24) is 10.3 Å². The van der Waals surface area contributed by atoms with Crippen LogP contribution in [0.15, 0.2) is 42.6 Å². The summed E-state index contributed by atoms with van der Waals surface area (Å²) in [6.07, 6.45) is 2.37. The monoisotopic (exact) mass is 329 g/mol. The first-order valence-corrected chi connectivity index (χ1v) is 7.83. The summed E-state index contributed by atoms with van der Waals surface area (Å²) in [5.74, 6) is 0.642. The highest BCUT2D eigenvalue weighted by molar-refractivity contribution is 5.93. The van der Waals surface area contributed by atoms with E-state index in [9.17, 15) is 4.79 Å². The van der Waals surface area contributed by atoms with Crippen LogP contribution in [0.1, 0.15) is 16.1 Å². The van der Waals surface area contributed by atoms with E-state index in [-0.39, 0.29) is 5.91 Å². The molecule has 0 aliphatic rings. The Morgan fingerprint density at radius 2 is 1.92 bits per heavy atom. The molecule has 0 aliphatic heterocycles.